The summed E-state index contributed by atoms with van der Waals surface area (Å²) < 4.78 is 0. The molecule has 2 N–H and O–H groups in total. The van der Waals surface area contributed by atoms with E-state index in [1.807, 2.05) is 6.92 Å². The zero-order valence-corrected chi connectivity index (χ0v) is 10.5. The van der Waals surface area contributed by atoms with Crippen molar-refractivity contribution in [3.63, 3.8) is 0 Å². The van der Waals surface area contributed by atoms with Crippen LogP contribution in [0, 0.1) is 11.8 Å². The van der Waals surface area contributed by atoms with E-state index in [9.17, 15) is 4.79 Å². The molecule has 3 nitrogen and oxygen atoms in total. The molecule has 1 saturated carbocycles. The Bertz CT molecular complexity index is 210. The van der Waals surface area contributed by atoms with Crippen molar-refractivity contribution in [3.8, 4) is 0 Å². The van der Waals surface area contributed by atoms with Crippen LogP contribution in [0.3, 0.4) is 0 Å². The first kappa shape index (κ1) is 13.5. The van der Waals surface area contributed by atoms with E-state index in [0.717, 1.165) is 18.4 Å². The van der Waals surface area contributed by atoms with E-state index < -0.39 is 5.97 Å². The summed E-state index contributed by atoms with van der Waals surface area (Å²) in [5.41, 5.74) is 0. The van der Waals surface area contributed by atoms with Gasteiger partial charge in [0.2, 0.25) is 0 Å². The van der Waals surface area contributed by atoms with Gasteiger partial charge < -0.3 is 10.4 Å². The highest BCUT2D eigenvalue weighted by Crippen LogP contribution is 2.30. The van der Waals surface area contributed by atoms with Crippen molar-refractivity contribution in [1.82, 2.24) is 5.32 Å². The van der Waals surface area contributed by atoms with E-state index >= 15 is 0 Å². The monoisotopic (exact) mass is 227 g/mol. The number of carboxylic acids is 1. The molecule has 0 bridgehead atoms. The van der Waals surface area contributed by atoms with Crippen LogP contribution in [-0.4, -0.2) is 23.7 Å². The summed E-state index contributed by atoms with van der Waals surface area (Å²) in [5, 5.41) is 12.0. The maximum atomic E-state index is 10.5. The van der Waals surface area contributed by atoms with Gasteiger partial charge in [-0.3, -0.25) is 4.79 Å². The van der Waals surface area contributed by atoms with Gasteiger partial charge in [0, 0.05) is 6.04 Å². The lowest BCUT2D eigenvalue weighted by molar-refractivity contribution is -0.137. The fourth-order valence-electron chi connectivity index (χ4n) is 2.55. The molecule has 0 aromatic heterocycles. The number of carboxylic acid groups (broad SMARTS) is 1. The molecule has 0 amide bonds. The van der Waals surface area contributed by atoms with Crippen LogP contribution in [0.5, 0.6) is 0 Å². The van der Waals surface area contributed by atoms with Gasteiger partial charge in [-0.25, -0.2) is 0 Å². The van der Waals surface area contributed by atoms with Crippen LogP contribution in [0.25, 0.3) is 0 Å². The summed E-state index contributed by atoms with van der Waals surface area (Å²) in [5.74, 6) is 0.987. The average molecular weight is 227 g/mol. The molecule has 0 aromatic rings. The molecule has 0 heterocycles. The van der Waals surface area contributed by atoms with E-state index in [1.54, 1.807) is 0 Å². The second-order valence-electron chi connectivity index (χ2n) is 5.20. The normalized spacial score (nSPS) is 27.6. The lowest BCUT2D eigenvalue weighted by Gasteiger charge is -2.28. The van der Waals surface area contributed by atoms with Crippen molar-refractivity contribution in [3.05, 3.63) is 0 Å². The first-order chi connectivity index (χ1) is 7.61. The number of rotatable bonds is 6. The summed E-state index contributed by atoms with van der Waals surface area (Å²) in [6.07, 6.45) is 6.88. The molecule has 1 unspecified atom stereocenters. The third-order valence-corrected chi connectivity index (χ3v) is 3.78. The Hall–Kier alpha value is -0.570. The zero-order chi connectivity index (χ0) is 12.0. The second kappa shape index (κ2) is 6.89. The summed E-state index contributed by atoms with van der Waals surface area (Å²) in [4.78, 5) is 10.5. The molecule has 3 heteroatoms. The van der Waals surface area contributed by atoms with Crippen molar-refractivity contribution in [2.24, 2.45) is 11.8 Å². The number of carbonyl (C=O) groups is 1. The van der Waals surface area contributed by atoms with Gasteiger partial charge in [0.15, 0.2) is 0 Å². The van der Waals surface area contributed by atoms with Gasteiger partial charge in [0.25, 0.3) is 0 Å². The maximum Gasteiger partial charge on any atom is 0.304 e. The smallest absolute Gasteiger partial charge is 0.304 e. The van der Waals surface area contributed by atoms with E-state index in [2.05, 4.69) is 12.2 Å². The number of nitrogens with one attached hydrogen (secondary N) is 1. The minimum absolute atomic E-state index is 0.0985. The van der Waals surface area contributed by atoms with Crippen LogP contribution >= 0.6 is 0 Å². The van der Waals surface area contributed by atoms with Crippen LogP contribution in [0.15, 0.2) is 0 Å². The van der Waals surface area contributed by atoms with Crippen molar-refractivity contribution in [2.45, 2.75) is 58.4 Å². The Morgan fingerprint density at radius 3 is 2.38 bits per heavy atom. The molecule has 1 aliphatic rings. The molecule has 94 valence electrons. The maximum absolute atomic E-state index is 10.5. The van der Waals surface area contributed by atoms with Gasteiger partial charge in [0.1, 0.15) is 0 Å². The largest absolute Gasteiger partial charge is 0.481 e. The molecular formula is C13H25NO2. The van der Waals surface area contributed by atoms with Crippen molar-refractivity contribution in [1.29, 1.82) is 0 Å². The lowest BCUT2D eigenvalue weighted by Crippen LogP contribution is -2.34. The Kier molecular flexibility index (Phi) is 5.81. The third kappa shape index (κ3) is 4.97. The van der Waals surface area contributed by atoms with E-state index in [1.165, 1.54) is 32.1 Å². The van der Waals surface area contributed by atoms with Crippen LogP contribution in [0.1, 0.15) is 52.4 Å². The molecule has 0 aromatic carbocycles. The molecule has 16 heavy (non-hydrogen) atoms. The minimum Gasteiger partial charge on any atom is -0.481 e. The summed E-state index contributed by atoms with van der Waals surface area (Å²) in [6, 6.07) is 0.0985. The van der Waals surface area contributed by atoms with Gasteiger partial charge in [-0.2, -0.15) is 0 Å². The lowest BCUT2D eigenvalue weighted by atomic mass is 9.81. The van der Waals surface area contributed by atoms with Crippen molar-refractivity contribution < 1.29 is 9.90 Å². The standard InChI is InChI=1S/C13H25NO2/c1-3-11-4-6-12(7-5-11)9-14-10(2)8-13(15)16/h10-12,14H,3-9H2,1-2H3,(H,15,16). The van der Waals surface area contributed by atoms with Crippen LogP contribution < -0.4 is 5.32 Å². The Balaban J connectivity index is 2.12. The van der Waals surface area contributed by atoms with Crippen molar-refractivity contribution in [2.75, 3.05) is 6.54 Å². The molecule has 0 spiro atoms. The first-order valence-corrected chi connectivity index (χ1v) is 6.57. The second-order valence-corrected chi connectivity index (χ2v) is 5.20. The average Bonchev–Trinajstić information content (AvgIpc) is 2.26. The number of aliphatic carboxylic acids is 1. The summed E-state index contributed by atoms with van der Waals surface area (Å²) >= 11 is 0. The van der Waals surface area contributed by atoms with Gasteiger partial charge in [-0.15, -0.1) is 0 Å². The molecule has 1 fully saturated rings. The predicted octanol–water partition coefficient (Wildman–Crippen LogP) is 2.66. The fourth-order valence-corrected chi connectivity index (χ4v) is 2.55. The predicted molar refractivity (Wildman–Crippen MR) is 65.5 cm³/mol. The van der Waals surface area contributed by atoms with Gasteiger partial charge >= 0.3 is 5.97 Å². The molecule has 0 aliphatic heterocycles. The fraction of sp³-hybridized carbons (Fsp3) is 0.923. The Labute approximate surface area is 98.6 Å². The molecule has 1 atom stereocenters. The quantitative estimate of drug-likeness (QED) is 0.733. The Morgan fingerprint density at radius 2 is 1.88 bits per heavy atom. The number of hydrogen-bond donors (Lipinski definition) is 2. The number of hydrogen-bond acceptors (Lipinski definition) is 2. The van der Waals surface area contributed by atoms with Gasteiger partial charge in [-0.1, -0.05) is 26.2 Å². The Morgan fingerprint density at radius 1 is 1.31 bits per heavy atom. The summed E-state index contributed by atoms with van der Waals surface area (Å²) in [7, 11) is 0. The molecule has 1 rings (SSSR count). The summed E-state index contributed by atoms with van der Waals surface area (Å²) in [6.45, 7) is 5.22. The highest BCUT2D eigenvalue weighted by atomic mass is 16.4. The van der Waals surface area contributed by atoms with Gasteiger partial charge in [-0.05, 0) is 38.1 Å². The van der Waals surface area contributed by atoms with E-state index in [0.29, 0.717) is 0 Å². The van der Waals surface area contributed by atoms with Crippen LogP contribution in [0.4, 0.5) is 0 Å². The van der Waals surface area contributed by atoms with Gasteiger partial charge in [0.05, 0.1) is 6.42 Å². The minimum atomic E-state index is -0.713. The molecule has 0 radical (unpaired) electrons. The van der Waals surface area contributed by atoms with Crippen LogP contribution in [0.2, 0.25) is 0 Å². The molecular weight excluding hydrogens is 202 g/mol. The first-order valence-electron chi connectivity index (χ1n) is 6.57. The van der Waals surface area contributed by atoms with Crippen molar-refractivity contribution >= 4 is 5.97 Å². The van der Waals surface area contributed by atoms with E-state index in [-0.39, 0.29) is 12.5 Å². The highest BCUT2D eigenvalue weighted by Gasteiger charge is 2.20. The highest BCUT2D eigenvalue weighted by molar-refractivity contribution is 5.67. The van der Waals surface area contributed by atoms with Crippen LogP contribution in [-0.2, 0) is 4.79 Å². The topological polar surface area (TPSA) is 49.3 Å². The molecule has 0 saturated heterocycles. The zero-order valence-electron chi connectivity index (χ0n) is 10.5. The SMILES string of the molecule is CCC1CCC(CNC(C)CC(=O)O)CC1. The van der Waals surface area contributed by atoms with E-state index in [4.69, 9.17) is 5.11 Å². The molecule has 1 aliphatic carbocycles. The third-order valence-electron chi connectivity index (χ3n) is 3.78.